The molecule has 0 aliphatic heterocycles. The molecule has 7 N–H and O–H groups in total. The fourth-order valence-corrected chi connectivity index (χ4v) is 7.16. The molecule has 268 valence electrons. The number of hydrogen-bond donors (Lipinski definition) is 6. The summed E-state index contributed by atoms with van der Waals surface area (Å²) in [5, 5.41) is 21.8. The molecule has 2 aromatic heterocycles. The van der Waals surface area contributed by atoms with Crippen molar-refractivity contribution in [1.29, 1.82) is 0 Å². The average Bonchev–Trinajstić information content (AvgIpc) is 3.50. The van der Waals surface area contributed by atoms with E-state index in [1.165, 1.54) is 18.7 Å². The zero-order valence-electron chi connectivity index (χ0n) is 29.0. The fraction of sp³-hybridized carbons (Fsp3) is 0.405. The molecular formula is C37H48ClN7O4S. The van der Waals surface area contributed by atoms with E-state index in [9.17, 15) is 19.5 Å². The van der Waals surface area contributed by atoms with Crippen LogP contribution in [-0.2, 0) is 33.9 Å². The van der Waals surface area contributed by atoms with Crippen molar-refractivity contribution in [3.05, 3.63) is 88.2 Å². The zero-order valence-corrected chi connectivity index (χ0v) is 30.6. The highest BCUT2D eigenvalue weighted by Crippen LogP contribution is 2.36. The smallest absolute Gasteiger partial charge is 0.240 e. The molecule has 0 aliphatic carbocycles. The lowest BCUT2D eigenvalue weighted by molar-refractivity contribution is -0.128. The Hall–Kier alpha value is -3.78. The van der Waals surface area contributed by atoms with E-state index in [1.807, 2.05) is 74.6 Å². The molecule has 0 aliphatic rings. The summed E-state index contributed by atoms with van der Waals surface area (Å²) >= 11 is 7.96. The summed E-state index contributed by atoms with van der Waals surface area (Å²) in [4.78, 5) is 49.0. The van der Waals surface area contributed by atoms with Gasteiger partial charge in [0.2, 0.25) is 11.8 Å². The van der Waals surface area contributed by atoms with Crippen LogP contribution in [0.3, 0.4) is 0 Å². The Bertz CT molecular complexity index is 1750. The summed E-state index contributed by atoms with van der Waals surface area (Å²) in [6, 6.07) is 13.5. The number of nitrogens with two attached hydrogens (primary N) is 1. The van der Waals surface area contributed by atoms with Crippen LogP contribution in [0.4, 0.5) is 0 Å². The molecule has 4 rings (SSSR count). The number of halogens is 1. The number of H-pyrrole nitrogens is 1. The molecule has 0 bridgehead atoms. The summed E-state index contributed by atoms with van der Waals surface area (Å²) in [5.74, 6) is -0.564. The third-order valence-corrected chi connectivity index (χ3v) is 10.1. The number of aromatic nitrogens is 2. The third kappa shape index (κ3) is 10.6. The maximum absolute atomic E-state index is 13.6. The quantitative estimate of drug-likeness (QED) is 0.0617. The number of aliphatic hydroxyl groups is 1. The summed E-state index contributed by atoms with van der Waals surface area (Å²) in [7, 11) is 3.80. The van der Waals surface area contributed by atoms with E-state index in [0.717, 1.165) is 44.5 Å². The number of aryl methyl sites for hydroxylation is 1. The minimum atomic E-state index is -1.02. The number of rotatable bonds is 19. The van der Waals surface area contributed by atoms with Gasteiger partial charge in [-0.15, -0.1) is 0 Å². The first-order valence-electron chi connectivity index (χ1n) is 16.8. The maximum Gasteiger partial charge on any atom is 0.240 e. The van der Waals surface area contributed by atoms with Crippen LogP contribution >= 0.6 is 23.4 Å². The van der Waals surface area contributed by atoms with Crippen molar-refractivity contribution in [2.45, 2.75) is 86.8 Å². The average molecular weight is 722 g/mol. The molecule has 2 amide bonds. The number of carbonyl (C=O) groups excluding carboxylic acids is 3. The Labute approximate surface area is 303 Å². The number of para-hydroxylation sites is 1. The second-order valence-electron chi connectivity index (χ2n) is 12.7. The molecule has 0 saturated heterocycles. The van der Waals surface area contributed by atoms with Crippen LogP contribution in [0.25, 0.3) is 10.9 Å². The molecular weight excluding hydrogens is 674 g/mol. The van der Waals surface area contributed by atoms with Crippen molar-refractivity contribution in [2.24, 2.45) is 5.73 Å². The monoisotopic (exact) mass is 721 g/mol. The van der Waals surface area contributed by atoms with Gasteiger partial charge < -0.3 is 31.3 Å². The molecule has 4 unspecified atom stereocenters. The van der Waals surface area contributed by atoms with Crippen LogP contribution in [-0.4, -0.2) is 82.9 Å². The van der Waals surface area contributed by atoms with Crippen molar-refractivity contribution in [1.82, 2.24) is 30.8 Å². The molecule has 50 heavy (non-hydrogen) atoms. The number of carbonyl (C=O) groups is 3. The number of likely N-dealkylation sites (N-methyl/N-ethyl adjacent to an activating group) is 1. The van der Waals surface area contributed by atoms with E-state index < -0.39 is 30.1 Å². The number of nitrogens with one attached hydrogen (secondary N) is 4. The van der Waals surface area contributed by atoms with Crippen LogP contribution in [0, 0.1) is 6.92 Å². The van der Waals surface area contributed by atoms with E-state index >= 15 is 0 Å². The Morgan fingerprint density at radius 1 is 1.08 bits per heavy atom. The predicted molar refractivity (Wildman–Crippen MR) is 199 cm³/mol. The van der Waals surface area contributed by atoms with Crippen molar-refractivity contribution in [3.8, 4) is 0 Å². The van der Waals surface area contributed by atoms with Gasteiger partial charge in [0.25, 0.3) is 0 Å². The first kappa shape index (κ1) is 39.0. The van der Waals surface area contributed by atoms with Crippen LogP contribution in [0.5, 0.6) is 0 Å². The lowest BCUT2D eigenvalue weighted by Crippen LogP contribution is -2.52. The van der Waals surface area contributed by atoms with E-state index in [1.54, 1.807) is 6.20 Å². The molecule has 0 radical (unpaired) electrons. The summed E-state index contributed by atoms with van der Waals surface area (Å²) in [6.45, 7) is 4.49. The highest BCUT2D eigenvalue weighted by atomic mass is 35.5. The van der Waals surface area contributed by atoms with E-state index in [2.05, 4.69) is 32.0 Å². The Morgan fingerprint density at radius 2 is 1.86 bits per heavy atom. The second kappa shape index (κ2) is 19.0. The van der Waals surface area contributed by atoms with Gasteiger partial charge in [-0.3, -0.25) is 19.8 Å². The van der Waals surface area contributed by atoms with Crippen LogP contribution in [0.15, 0.2) is 70.8 Å². The number of unbranched alkanes of at least 4 members (excludes halogenated alkanes) is 1. The summed E-state index contributed by atoms with van der Waals surface area (Å²) < 4.78 is 0. The van der Waals surface area contributed by atoms with Gasteiger partial charge in [-0.05, 0) is 107 Å². The van der Waals surface area contributed by atoms with Crippen LogP contribution in [0.1, 0.15) is 48.4 Å². The van der Waals surface area contributed by atoms with Gasteiger partial charge in [0.1, 0.15) is 17.4 Å². The number of aliphatic hydroxyl groups excluding tert-OH is 1. The van der Waals surface area contributed by atoms with Gasteiger partial charge in [0.15, 0.2) is 0 Å². The number of benzene rings is 2. The lowest BCUT2D eigenvalue weighted by Gasteiger charge is -2.24. The minimum absolute atomic E-state index is 0.102. The molecule has 11 nitrogen and oxygen atoms in total. The molecule has 2 aromatic carbocycles. The molecule has 13 heteroatoms. The molecule has 0 saturated carbocycles. The maximum atomic E-state index is 13.6. The van der Waals surface area contributed by atoms with Crippen LogP contribution in [0.2, 0.25) is 5.02 Å². The normalized spacial score (nSPS) is 13.9. The van der Waals surface area contributed by atoms with Crippen molar-refractivity contribution in [3.63, 3.8) is 0 Å². The van der Waals surface area contributed by atoms with Gasteiger partial charge in [0.05, 0.1) is 18.2 Å². The number of fused-ring (bicyclic) bond motifs is 1. The lowest BCUT2D eigenvalue weighted by atomic mass is 10.0. The molecule has 4 atom stereocenters. The first-order valence-corrected chi connectivity index (χ1v) is 18.0. The number of pyridine rings is 1. The Morgan fingerprint density at radius 3 is 2.58 bits per heavy atom. The van der Waals surface area contributed by atoms with E-state index in [4.69, 9.17) is 17.3 Å². The number of aldehydes is 1. The predicted octanol–water partition coefficient (Wildman–Crippen LogP) is 4.12. The van der Waals surface area contributed by atoms with Crippen molar-refractivity contribution in [2.75, 3.05) is 20.6 Å². The SMILES string of the molecule is Cc1cc(Cl)cc(CNC(=O)C(Cc2c[nH]c3ccccc23)N(C)C)c1Sc1ncccc1CNC(C(=O)NC(C=O)CCCCN)C(C)O. The topological polar surface area (TPSA) is 165 Å². The first-order chi connectivity index (χ1) is 24.0. The number of nitrogens with zero attached hydrogens (tertiary/aromatic N) is 2. The third-order valence-electron chi connectivity index (χ3n) is 8.57. The van der Waals surface area contributed by atoms with Gasteiger partial charge in [0, 0.05) is 46.3 Å². The van der Waals surface area contributed by atoms with Gasteiger partial charge in [-0.2, -0.15) is 0 Å². The Balaban J connectivity index is 1.47. The van der Waals surface area contributed by atoms with Gasteiger partial charge in [-0.1, -0.05) is 47.6 Å². The van der Waals surface area contributed by atoms with Crippen molar-refractivity contribution < 1.29 is 19.5 Å². The zero-order chi connectivity index (χ0) is 36.2. The molecule has 4 aromatic rings. The van der Waals surface area contributed by atoms with Crippen molar-refractivity contribution >= 4 is 52.4 Å². The fourth-order valence-electron chi connectivity index (χ4n) is 5.80. The number of hydrogen-bond acceptors (Lipinski definition) is 9. The number of aromatic amines is 1. The number of amides is 2. The van der Waals surface area contributed by atoms with Crippen LogP contribution < -0.4 is 21.7 Å². The molecule has 2 heterocycles. The summed E-state index contributed by atoms with van der Waals surface area (Å²) in [6.07, 6.45) is 5.83. The highest BCUT2D eigenvalue weighted by molar-refractivity contribution is 7.99. The van der Waals surface area contributed by atoms with E-state index in [0.29, 0.717) is 42.1 Å². The van der Waals surface area contributed by atoms with E-state index in [-0.39, 0.29) is 19.0 Å². The Kier molecular flexibility index (Phi) is 14.8. The largest absolute Gasteiger partial charge is 0.391 e. The standard InChI is InChI=1S/C37H48ClN7O4S/c1-23-16-28(38)17-27(21-43-35(48)32(45(3)4)18-26-20-41-31-13-6-5-12-30(26)31)34(23)50-37-25(10-9-15-40-37)19-42-33(24(2)47)36(49)44-29(22-46)11-7-8-14-39/h5-6,9-10,12-13,15-17,20,22,24,29,32-33,41-42,47H,7-8,11,14,18-19,21,39H2,1-4H3,(H,43,48)(H,44,49). The van der Waals surface area contributed by atoms with Gasteiger partial charge in [-0.25, -0.2) is 4.98 Å². The molecule has 0 spiro atoms. The highest BCUT2D eigenvalue weighted by Gasteiger charge is 2.26. The van der Waals surface area contributed by atoms with Gasteiger partial charge >= 0.3 is 0 Å². The second-order valence-corrected chi connectivity index (χ2v) is 14.1. The molecule has 0 fully saturated rings. The summed E-state index contributed by atoms with van der Waals surface area (Å²) in [5.41, 5.74) is 10.2. The minimum Gasteiger partial charge on any atom is -0.391 e.